The monoisotopic (exact) mass is 397 g/mol. The Morgan fingerprint density at radius 2 is 1.68 bits per heavy atom. The van der Waals surface area contributed by atoms with Gasteiger partial charge in [0.1, 0.15) is 0 Å². The van der Waals surface area contributed by atoms with Gasteiger partial charge in [-0.2, -0.15) is 0 Å². The number of hydrogen-bond donors (Lipinski definition) is 1. The maximum Gasteiger partial charge on any atom is 0.0647 e. The minimum Gasteiger partial charge on any atom is -0.355 e. The predicted molar refractivity (Wildman–Crippen MR) is 131 cm³/mol. The summed E-state index contributed by atoms with van der Waals surface area (Å²) >= 11 is 0. The summed E-state index contributed by atoms with van der Waals surface area (Å²) in [6.45, 7) is 3.81. The summed E-state index contributed by atoms with van der Waals surface area (Å²) < 4.78 is 0. The molecule has 0 radical (unpaired) electrons. The van der Waals surface area contributed by atoms with E-state index in [-0.39, 0.29) is 5.41 Å². The first-order valence-electron chi connectivity index (χ1n) is 10.8. The van der Waals surface area contributed by atoms with Crippen LogP contribution < -0.4 is 0 Å². The molecule has 1 unspecified atom stereocenters. The molecule has 2 aliphatic rings. The van der Waals surface area contributed by atoms with Gasteiger partial charge in [-0.3, -0.25) is 0 Å². The Labute approximate surface area is 182 Å². The number of aromatic nitrogens is 1. The first-order chi connectivity index (χ1) is 15.3. The summed E-state index contributed by atoms with van der Waals surface area (Å²) in [7, 11) is 0. The van der Waals surface area contributed by atoms with Crippen LogP contribution in [0.3, 0.4) is 0 Å². The number of rotatable bonds is 4. The van der Waals surface area contributed by atoms with Crippen LogP contribution >= 0.6 is 0 Å². The molecule has 148 valence electrons. The van der Waals surface area contributed by atoms with E-state index in [0.29, 0.717) is 0 Å². The molecule has 4 aromatic rings. The molecular formula is C30H23N. The fourth-order valence-corrected chi connectivity index (χ4v) is 5.36. The van der Waals surface area contributed by atoms with Crippen LogP contribution in [0.15, 0.2) is 110 Å². The number of benzene rings is 3. The van der Waals surface area contributed by atoms with Gasteiger partial charge in [-0.05, 0) is 58.0 Å². The molecule has 1 aromatic heterocycles. The summed E-state index contributed by atoms with van der Waals surface area (Å²) in [5.74, 6) is 0. The van der Waals surface area contributed by atoms with Gasteiger partial charge in [-0.15, -0.1) is 0 Å². The van der Waals surface area contributed by atoms with Gasteiger partial charge in [0.05, 0.1) is 5.41 Å². The van der Waals surface area contributed by atoms with Crippen molar-refractivity contribution in [2.45, 2.75) is 11.8 Å². The van der Waals surface area contributed by atoms with E-state index in [2.05, 4.69) is 109 Å². The smallest absolute Gasteiger partial charge is 0.0647 e. The molecule has 0 saturated carbocycles. The van der Waals surface area contributed by atoms with E-state index in [9.17, 15) is 0 Å². The van der Waals surface area contributed by atoms with Crippen molar-refractivity contribution in [1.29, 1.82) is 0 Å². The number of allylic oxidation sites excluding steroid dienone is 6. The molecule has 0 bridgehead atoms. The van der Waals surface area contributed by atoms with Crippen LogP contribution in [0.5, 0.6) is 0 Å². The van der Waals surface area contributed by atoms with Gasteiger partial charge in [-0.1, -0.05) is 97.6 Å². The lowest BCUT2D eigenvalue weighted by Crippen LogP contribution is -2.24. The maximum absolute atomic E-state index is 3.81. The molecule has 1 atom stereocenters. The summed E-state index contributed by atoms with van der Waals surface area (Å²) in [5, 5.41) is 1.34. The quantitative estimate of drug-likeness (QED) is 0.347. The molecule has 1 heterocycles. The summed E-state index contributed by atoms with van der Waals surface area (Å²) in [6.07, 6.45) is 15.8. The van der Waals surface area contributed by atoms with Crippen LogP contribution in [-0.2, 0) is 11.8 Å². The minimum absolute atomic E-state index is 0.330. The van der Waals surface area contributed by atoms with E-state index in [1.165, 1.54) is 50.0 Å². The molecular weight excluding hydrogens is 374 g/mol. The van der Waals surface area contributed by atoms with Crippen LogP contribution in [0.4, 0.5) is 0 Å². The van der Waals surface area contributed by atoms with Gasteiger partial charge < -0.3 is 4.98 Å². The van der Waals surface area contributed by atoms with Gasteiger partial charge in [0.2, 0.25) is 0 Å². The van der Waals surface area contributed by atoms with Gasteiger partial charge in [0, 0.05) is 16.6 Å². The normalized spacial score (nSPS) is 18.7. The topological polar surface area (TPSA) is 15.8 Å². The molecule has 31 heavy (non-hydrogen) atoms. The molecule has 0 amide bonds. The predicted octanol–water partition coefficient (Wildman–Crippen LogP) is 7.35. The van der Waals surface area contributed by atoms with E-state index < -0.39 is 0 Å². The fraction of sp³-hybridized carbons (Fsp3) is 0.0667. The van der Waals surface area contributed by atoms with Crippen molar-refractivity contribution in [3.63, 3.8) is 0 Å². The van der Waals surface area contributed by atoms with Gasteiger partial charge >= 0.3 is 0 Å². The van der Waals surface area contributed by atoms with E-state index in [4.69, 9.17) is 0 Å². The number of hydrogen-bond acceptors (Lipinski definition) is 0. The molecule has 1 heteroatoms. The molecule has 0 fully saturated rings. The molecule has 0 saturated heterocycles. The lowest BCUT2D eigenvalue weighted by molar-refractivity contribution is 0.805. The SMILES string of the molecule is C=C/C=C\C=CC1(c2ccccc2)c2ccccc2-c2cc3[nH]c4c(c3cc21)CC=C4. The lowest BCUT2D eigenvalue weighted by atomic mass is 9.72. The second-order valence-corrected chi connectivity index (χ2v) is 8.27. The number of fused-ring (bicyclic) bond motifs is 6. The highest BCUT2D eigenvalue weighted by Gasteiger charge is 2.43. The lowest BCUT2D eigenvalue weighted by Gasteiger charge is -2.30. The zero-order valence-corrected chi connectivity index (χ0v) is 17.3. The van der Waals surface area contributed by atoms with Crippen molar-refractivity contribution >= 4 is 17.0 Å². The standard InChI is InChI=1S/C30H23N/c1-2-3-4-10-18-30(21-12-6-5-7-13-21)26-16-9-8-14-22(26)24-20-29-25(19-27(24)30)23-15-11-17-28(23)31-29/h2-14,16-20,31H,1,15H2/b4-3-,18-10?. The van der Waals surface area contributed by atoms with E-state index in [1.807, 2.05) is 12.2 Å². The Hall–Kier alpha value is -3.84. The zero-order chi connectivity index (χ0) is 20.8. The average Bonchev–Trinajstić information content (AvgIpc) is 3.47. The van der Waals surface area contributed by atoms with Gasteiger partial charge in [0.25, 0.3) is 0 Å². The minimum atomic E-state index is -0.330. The second-order valence-electron chi connectivity index (χ2n) is 8.27. The molecule has 0 aliphatic heterocycles. The third kappa shape index (κ3) is 2.50. The molecule has 2 aliphatic carbocycles. The third-order valence-corrected chi connectivity index (χ3v) is 6.68. The highest BCUT2D eigenvalue weighted by Crippen LogP contribution is 2.54. The van der Waals surface area contributed by atoms with Crippen molar-refractivity contribution < 1.29 is 0 Å². The van der Waals surface area contributed by atoms with Crippen LogP contribution in [0.2, 0.25) is 0 Å². The van der Waals surface area contributed by atoms with Crippen molar-refractivity contribution in [1.82, 2.24) is 4.98 Å². The van der Waals surface area contributed by atoms with E-state index in [0.717, 1.165) is 6.42 Å². The van der Waals surface area contributed by atoms with Crippen LogP contribution in [0.25, 0.3) is 28.1 Å². The summed E-state index contributed by atoms with van der Waals surface area (Å²) in [4.78, 5) is 3.64. The van der Waals surface area contributed by atoms with Gasteiger partial charge in [-0.25, -0.2) is 0 Å². The first kappa shape index (κ1) is 18.0. The first-order valence-corrected chi connectivity index (χ1v) is 10.8. The highest BCUT2D eigenvalue weighted by molar-refractivity contribution is 5.97. The zero-order valence-electron chi connectivity index (χ0n) is 17.3. The molecule has 1 N–H and O–H groups in total. The van der Waals surface area contributed by atoms with Gasteiger partial charge in [0.15, 0.2) is 0 Å². The van der Waals surface area contributed by atoms with Crippen molar-refractivity contribution in [3.8, 4) is 11.1 Å². The van der Waals surface area contributed by atoms with Crippen molar-refractivity contribution in [2.24, 2.45) is 0 Å². The largest absolute Gasteiger partial charge is 0.355 e. The summed E-state index contributed by atoms with van der Waals surface area (Å²) in [6, 6.07) is 24.5. The van der Waals surface area contributed by atoms with Crippen LogP contribution in [-0.4, -0.2) is 4.98 Å². The summed E-state index contributed by atoms with van der Waals surface area (Å²) in [5.41, 5.74) is 10.2. The number of H-pyrrole nitrogens is 1. The Kier molecular flexibility index (Phi) is 3.97. The molecule has 1 nitrogen and oxygen atoms in total. The van der Waals surface area contributed by atoms with E-state index in [1.54, 1.807) is 0 Å². The van der Waals surface area contributed by atoms with E-state index >= 15 is 0 Å². The Balaban J connectivity index is 1.72. The molecule has 6 rings (SSSR count). The third-order valence-electron chi connectivity index (χ3n) is 6.68. The Morgan fingerprint density at radius 3 is 2.55 bits per heavy atom. The Morgan fingerprint density at radius 1 is 0.839 bits per heavy atom. The Bertz CT molecular complexity index is 1410. The maximum atomic E-state index is 3.81. The molecule has 0 spiro atoms. The van der Waals surface area contributed by atoms with Crippen LogP contribution in [0.1, 0.15) is 27.9 Å². The number of aromatic amines is 1. The average molecular weight is 398 g/mol. The number of nitrogens with one attached hydrogen (secondary N) is 1. The van der Waals surface area contributed by atoms with Crippen LogP contribution in [0, 0.1) is 0 Å². The van der Waals surface area contributed by atoms with Crippen molar-refractivity contribution in [2.75, 3.05) is 0 Å². The molecule has 3 aromatic carbocycles. The highest BCUT2D eigenvalue weighted by atomic mass is 14.7. The van der Waals surface area contributed by atoms with Crippen molar-refractivity contribution in [3.05, 3.63) is 138 Å². The fourth-order valence-electron chi connectivity index (χ4n) is 5.36. The second kappa shape index (κ2) is 6.85.